The minimum Gasteiger partial charge on any atom is -0.309 e. The van der Waals surface area contributed by atoms with Gasteiger partial charge in [0.1, 0.15) is 0 Å². The van der Waals surface area contributed by atoms with Crippen LogP contribution < -0.4 is 0 Å². The number of aromatic nitrogens is 2. The van der Waals surface area contributed by atoms with Crippen molar-refractivity contribution in [3.8, 4) is 44.8 Å². The largest absolute Gasteiger partial charge is 0.309 e. The first-order valence-corrected chi connectivity index (χ1v) is 18.9. The lowest BCUT2D eigenvalue weighted by Crippen LogP contribution is -2.14. The zero-order valence-corrected chi connectivity index (χ0v) is 30.8. The molecule has 0 saturated carbocycles. The Morgan fingerprint density at radius 1 is 0.352 bits per heavy atom. The summed E-state index contributed by atoms with van der Waals surface area (Å²) >= 11 is 0. The molecule has 0 radical (unpaired) electrons. The molecule has 0 aliphatic carbocycles. The predicted molar refractivity (Wildman–Crippen MR) is 230 cm³/mol. The number of hydrogen-bond acceptors (Lipinski definition) is 0. The number of benzene rings is 8. The highest BCUT2D eigenvalue weighted by atomic mass is 15.0. The van der Waals surface area contributed by atoms with E-state index in [9.17, 15) is 0 Å². The van der Waals surface area contributed by atoms with Crippen molar-refractivity contribution < 1.29 is 0 Å². The van der Waals surface area contributed by atoms with E-state index >= 15 is 0 Å². The number of hydrogen-bond donors (Lipinski definition) is 0. The summed E-state index contributed by atoms with van der Waals surface area (Å²) in [6, 6.07) is 68.9. The van der Waals surface area contributed by atoms with Crippen LogP contribution in [0.4, 0.5) is 0 Å². The van der Waals surface area contributed by atoms with Gasteiger partial charge >= 0.3 is 0 Å². The van der Waals surface area contributed by atoms with Crippen LogP contribution in [0.1, 0.15) is 26.3 Å². The molecule has 0 aliphatic rings. The molecule has 2 heterocycles. The van der Waals surface area contributed by atoms with Gasteiger partial charge in [0.25, 0.3) is 0 Å². The molecule has 0 atom stereocenters. The zero-order valence-electron chi connectivity index (χ0n) is 30.8. The normalized spacial score (nSPS) is 12.0. The van der Waals surface area contributed by atoms with Crippen molar-refractivity contribution in [2.24, 2.45) is 0 Å². The lowest BCUT2D eigenvalue weighted by Gasteiger charge is -2.27. The summed E-state index contributed by atoms with van der Waals surface area (Å²) in [5.74, 6) is 0. The van der Waals surface area contributed by atoms with Gasteiger partial charge < -0.3 is 9.13 Å². The van der Waals surface area contributed by atoms with Gasteiger partial charge in [0.05, 0.1) is 27.8 Å². The highest BCUT2D eigenvalue weighted by Gasteiger charge is 2.25. The summed E-state index contributed by atoms with van der Waals surface area (Å²) in [5.41, 5.74) is 15.7. The molecular formula is C52H40N2. The molecule has 0 saturated heterocycles. The van der Waals surface area contributed by atoms with Crippen molar-refractivity contribution in [3.05, 3.63) is 194 Å². The minimum absolute atomic E-state index is 0.102. The van der Waals surface area contributed by atoms with Crippen LogP contribution in [0.25, 0.3) is 88.4 Å². The van der Waals surface area contributed by atoms with Crippen molar-refractivity contribution in [2.75, 3.05) is 0 Å². The predicted octanol–water partition coefficient (Wildman–Crippen LogP) is 14.2. The quantitative estimate of drug-likeness (QED) is 0.170. The maximum atomic E-state index is 2.48. The SMILES string of the molecule is CC(C)(C)c1c(-c2ccccc2)cccc1-c1cc(-c2ccccc2)cc(-n2c3ccccc3c3c(-n4c5ccccc5c5ccccc54)cccc32)c1. The van der Waals surface area contributed by atoms with Gasteiger partial charge in [0.15, 0.2) is 0 Å². The Labute approximate surface area is 316 Å². The molecule has 54 heavy (non-hydrogen) atoms. The molecule has 2 aromatic heterocycles. The van der Waals surface area contributed by atoms with Crippen molar-refractivity contribution in [1.82, 2.24) is 9.13 Å². The second kappa shape index (κ2) is 12.5. The lowest BCUT2D eigenvalue weighted by atomic mass is 9.77. The zero-order chi connectivity index (χ0) is 36.4. The Morgan fingerprint density at radius 2 is 0.833 bits per heavy atom. The Balaban J connectivity index is 1.29. The average Bonchev–Trinajstić information content (AvgIpc) is 3.74. The molecule has 0 aliphatic heterocycles. The van der Waals surface area contributed by atoms with E-state index < -0.39 is 0 Å². The van der Waals surface area contributed by atoms with Crippen LogP contribution in [0, 0.1) is 0 Å². The Hall–Kier alpha value is -6.64. The minimum atomic E-state index is -0.102. The molecule has 2 heteroatoms. The van der Waals surface area contributed by atoms with Crippen LogP contribution in [0.5, 0.6) is 0 Å². The molecule has 2 nitrogen and oxygen atoms in total. The van der Waals surface area contributed by atoms with Crippen LogP contribution in [0.2, 0.25) is 0 Å². The van der Waals surface area contributed by atoms with Gasteiger partial charge in [0.2, 0.25) is 0 Å². The maximum Gasteiger partial charge on any atom is 0.0562 e. The topological polar surface area (TPSA) is 9.86 Å². The van der Waals surface area contributed by atoms with E-state index in [0.29, 0.717) is 0 Å². The van der Waals surface area contributed by atoms with Crippen LogP contribution in [-0.2, 0) is 5.41 Å². The number of nitrogens with zero attached hydrogens (tertiary/aromatic N) is 2. The Kier molecular flexibility index (Phi) is 7.42. The summed E-state index contributed by atoms with van der Waals surface area (Å²) in [6.07, 6.45) is 0. The van der Waals surface area contributed by atoms with E-state index in [4.69, 9.17) is 0 Å². The van der Waals surface area contributed by atoms with Crippen molar-refractivity contribution in [2.45, 2.75) is 26.2 Å². The summed E-state index contributed by atoms with van der Waals surface area (Å²) in [6.45, 7) is 7.01. The van der Waals surface area contributed by atoms with Gasteiger partial charge in [-0.05, 0) is 92.9 Å². The van der Waals surface area contributed by atoms with Crippen molar-refractivity contribution >= 4 is 43.6 Å². The third kappa shape index (κ3) is 5.09. The summed E-state index contributed by atoms with van der Waals surface area (Å²) < 4.78 is 4.94. The molecule has 10 aromatic rings. The Morgan fingerprint density at radius 3 is 1.46 bits per heavy atom. The second-order valence-electron chi connectivity index (χ2n) is 15.4. The molecule has 0 N–H and O–H groups in total. The highest BCUT2D eigenvalue weighted by molar-refractivity contribution is 6.16. The molecule has 0 unspecified atom stereocenters. The first kappa shape index (κ1) is 32.0. The molecule has 10 rings (SSSR count). The van der Waals surface area contributed by atoms with Crippen molar-refractivity contribution in [3.63, 3.8) is 0 Å². The van der Waals surface area contributed by atoms with Gasteiger partial charge in [-0.25, -0.2) is 0 Å². The summed E-state index contributed by atoms with van der Waals surface area (Å²) in [4.78, 5) is 0. The van der Waals surface area contributed by atoms with Gasteiger partial charge in [-0.2, -0.15) is 0 Å². The summed E-state index contributed by atoms with van der Waals surface area (Å²) in [5, 5.41) is 5.01. The molecular weight excluding hydrogens is 653 g/mol. The smallest absolute Gasteiger partial charge is 0.0562 e. The highest BCUT2D eigenvalue weighted by Crippen LogP contribution is 2.44. The molecule has 258 valence electrons. The molecule has 8 aromatic carbocycles. The van der Waals surface area contributed by atoms with Crippen LogP contribution in [-0.4, -0.2) is 9.13 Å². The van der Waals surface area contributed by atoms with E-state index in [1.165, 1.54) is 88.2 Å². The van der Waals surface area contributed by atoms with E-state index in [1.54, 1.807) is 0 Å². The number of fused-ring (bicyclic) bond motifs is 6. The van der Waals surface area contributed by atoms with Crippen LogP contribution in [0.3, 0.4) is 0 Å². The fourth-order valence-corrected chi connectivity index (χ4v) is 8.80. The Bertz CT molecular complexity index is 2960. The third-order valence-electron chi connectivity index (χ3n) is 11.0. The van der Waals surface area contributed by atoms with E-state index in [0.717, 1.165) is 5.69 Å². The van der Waals surface area contributed by atoms with Gasteiger partial charge in [0, 0.05) is 27.2 Å². The number of para-hydroxylation sites is 3. The second-order valence-corrected chi connectivity index (χ2v) is 15.4. The first-order chi connectivity index (χ1) is 26.5. The fraction of sp³-hybridized carbons (Fsp3) is 0.0769. The number of rotatable bonds is 5. The lowest BCUT2D eigenvalue weighted by molar-refractivity contribution is 0.593. The van der Waals surface area contributed by atoms with Gasteiger partial charge in [-0.15, -0.1) is 0 Å². The average molecular weight is 693 g/mol. The summed E-state index contributed by atoms with van der Waals surface area (Å²) in [7, 11) is 0. The third-order valence-corrected chi connectivity index (χ3v) is 11.0. The molecule has 0 bridgehead atoms. The molecule has 0 spiro atoms. The molecule has 0 fully saturated rings. The van der Waals surface area contributed by atoms with E-state index in [1.807, 2.05) is 0 Å². The van der Waals surface area contributed by atoms with Gasteiger partial charge in [-0.1, -0.05) is 160 Å². The maximum absolute atomic E-state index is 2.48. The molecule has 0 amide bonds. The standard InChI is InChI=1S/C52H40N2/c1-52(2,3)51-40(36-20-8-5-9-21-36)25-16-26-41(51)38-32-37(35-18-6-4-7-19-35)33-39(34-38)53-47-29-15-12-24-44(47)50-48(53)30-17-31-49(50)54-45-27-13-10-22-42(45)43-23-11-14-28-46(43)54/h4-34H,1-3H3. The monoisotopic (exact) mass is 692 g/mol. The van der Waals surface area contributed by atoms with Crippen LogP contribution in [0.15, 0.2) is 188 Å². The van der Waals surface area contributed by atoms with Crippen molar-refractivity contribution in [1.29, 1.82) is 0 Å². The first-order valence-electron chi connectivity index (χ1n) is 18.9. The van der Waals surface area contributed by atoms with E-state index in [2.05, 4.69) is 218 Å². The van der Waals surface area contributed by atoms with E-state index in [-0.39, 0.29) is 5.41 Å². The van der Waals surface area contributed by atoms with Gasteiger partial charge in [-0.3, -0.25) is 0 Å². The van der Waals surface area contributed by atoms with Crippen LogP contribution >= 0.6 is 0 Å². The fourth-order valence-electron chi connectivity index (χ4n) is 8.80.